The lowest BCUT2D eigenvalue weighted by Crippen LogP contribution is -2.39. The first kappa shape index (κ1) is 12.8. The molecule has 0 fully saturated rings. The van der Waals surface area contributed by atoms with Crippen molar-refractivity contribution in [3.8, 4) is 0 Å². The zero-order valence-electron chi connectivity index (χ0n) is 10.9. The molecule has 0 bridgehead atoms. The van der Waals surface area contributed by atoms with Crippen LogP contribution in [-0.2, 0) is 5.41 Å². The van der Waals surface area contributed by atoms with E-state index in [2.05, 4.69) is 0 Å². The molecule has 0 saturated heterocycles. The van der Waals surface area contributed by atoms with Gasteiger partial charge in [-0.25, -0.2) is 4.39 Å². The van der Waals surface area contributed by atoms with Gasteiger partial charge in [-0.1, -0.05) is 66.7 Å². The molecule has 0 amide bonds. The third kappa shape index (κ3) is 1.98. The fourth-order valence-electron chi connectivity index (χ4n) is 2.79. The summed E-state index contributed by atoms with van der Waals surface area (Å²) in [5, 5.41) is 10.5. The topological polar surface area (TPSA) is 20.2 Å². The van der Waals surface area contributed by atoms with Gasteiger partial charge in [0.2, 0.25) is 0 Å². The quantitative estimate of drug-likeness (QED) is 0.877. The molecule has 0 radical (unpaired) electrons. The first-order valence-electron chi connectivity index (χ1n) is 6.59. The summed E-state index contributed by atoms with van der Waals surface area (Å²) in [5.41, 5.74) is 0.873. The molecule has 0 aliphatic heterocycles. The third-order valence-corrected chi connectivity index (χ3v) is 3.77. The molecule has 0 heterocycles. The van der Waals surface area contributed by atoms with Gasteiger partial charge in [-0.15, -0.1) is 0 Å². The minimum atomic E-state index is -0.874. The Morgan fingerprint density at radius 1 is 0.850 bits per heavy atom. The van der Waals surface area contributed by atoms with Crippen molar-refractivity contribution in [2.45, 2.75) is 11.5 Å². The maximum absolute atomic E-state index is 13.9. The summed E-state index contributed by atoms with van der Waals surface area (Å²) in [6, 6.07) is 19.1. The van der Waals surface area contributed by atoms with Crippen LogP contribution in [-0.4, -0.2) is 11.2 Å². The van der Waals surface area contributed by atoms with Crippen LogP contribution in [0.5, 0.6) is 0 Å². The lowest BCUT2D eigenvalue weighted by Gasteiger charge is -2.37. The van der Waals surface area contributed by atoms with Crippen LogP contribution in [0.4, 0.5) is 4.39 Å². The summed E-state index contributed by atoms with van der Waals surface area (Å²) in [4.78, 5) is 0. The Labute approximate surface area is 117 Å². The molecule has 1 nitrogen and oxygen atoms in total. The van der Waals surface area contributed by atoms with E-state index in [4.69, 9.17) is 0 Å². The summed E-state index contributed by atoms with van der Waals surface area (Å²) in [6.07, 6.45) is 3.53. The first-order chi connectivity index (χ1) is 9.73. The van der Waals surface area contributed by atoms with Crippen LogP contribution in [0, 0.1) is 0 Å². The Morgan fingerprint density at radius 3 is 1.85 bits per heavy atom. The average molecular weight is 266 g/mol. The number of rotatable bonds is 2. The standard InChI is InChI=1S/C18H15FO/c19-16-11-12-17(20)18(13-16,14-7-3-1-4-8-14)15-9-5-2-6-10-15/h1-13,17,20H. The van der Waals surface area contributed by atoms with Gasteiger partial charge >= 0.3 is 0 Å². The molecular weight excluding hydrogens is 251 g/mol. The smallest absolute Gasteiger partial charge is 0.120 e. The van der Waals surface area contributed by atoms with Gasteiger partial charge in [-0.2, -0.15) is 0 Å². The number of hydrogen-bond donors (Lipinski definition) is 1. The lowest BCUT2D eigenvalue weighted by molar-refractivity contribution is 0.167. The van der Waals surface area contributed by atoms with Crippen molar-refractivity contribution in [3.05, 3.63) is 95.8 Å². The van der Waals surface area contributed by atoms with Crippen molar-refractivity contribution in [2.24, 2.45) is 0 Å². The molecule has 100 valence electrons. The highest BCUT2D eigenvalue weighted by Crippen LogP contribution is 2.41. The predicted molar refractivity (Wildman–Crippen MR) is 78.0 cm³/mol. The van der Waals surface area contributed by atoms with Crippen LogP contribution in [0.1, 0.15) is 11.1 Å². The molecule has 0 saturated carbocycles. The van der Waals surface area contributed by atoms with Gasteiger partial charge in [0.05, 0.1) is 11.5 Å². The number of benzene rings is 2. The van der Waals surface area contributed by atoms with Crippen molar-refractivity contribution in [1.29, 1.82) is 0 Å². The molecule has 1 aliphatic carbocycles. The largest absolute Gasteiger partial charge is 0.387 e. The molecule has 2 aromatic carbocycles. The molecule has 0 spiro atoms. The van der Waals surface area contributed by atoms with Gasteiger partial charge in [0.25, 0.3) is 0 Å². The van der Waals surface area contributed by atoms with Crippen molar-refractivity contribution < 1.29 is 9.50 Å². The zero-order chi connectivity index (χ0) is 14.0. The maximum atomic E-state index is 13.9. The van der Waals surface area contributed by atoms with Gasteiger partial charge in [-0.3, -0.25) is 0 Å². The number of allylic oxidation sites excluding steroid dienone is 2. The summed E-state index contributed by atoms with van der Waals surface area (Å²) in [5.74, 6) is -0.331. The maximum Gasteiger partial charge on any atom is 0.120 e. The molecule has 2 heteroatoms. The van der Waals surface area contributed by atoms with E-state index >= 15 is 0 Å². The molecule has 2 aromatic rings. The summed E-state index contributed by atoms with van der Waals surface area (Å²) in [6.45, 7) is 0. The van der Waals surface area contributed by atoms with E-state index in [0.717, 1.165) is 11.1 Å². The van der Waals surface area contributed by atoms with Crippen LogP contribution < -0.4 is 0 Å². The molecule has 1 atom stereocenters. The van der Waals surface area contributed by atoms with Crippen molar-refractivity contribution in [2.75, 3.05) is 0 Å². The Morgan fingerprint density at radius 2 is 1.35 bits per heavy atom. The third-order valence-electron chi connectivity index (χ3n) is 3.77. The summed E-state index contributed by atoms with van der Waals surface area (Å²) < 4.78 is 13.9. The Bertz CT molecular complexity index is 604. The minimum Gasteiger partial charge on any atom is -0.387 e. The minimum absolute atomic E-state index is 0.331. The van der Waals surface area contributed by atoms with Gasteiger partial charge in [0, 0.05) is 0 Å². The molecule has 0 aromatic heterocycles. The fraction of sp³-hybridized carbons (Fsp3) is 0.111. The second kappa shape index (κ2) is 5.06. The van der Waals surface area contributed by atoms with Crippen molar-refractivity contribution in [1.82, 2.24) is 0 Å². The fourth-order valence-corrected chi connectivity index (χ4v) is 2.79. The first-order valence-corrected chi connectivity index (χ1v) is 6.59. The summed E-state index contributed by atoms with van der Waals surface area (Å²) in [7, 11) is 0. The molecule has 1 unspecified atom stereocenters. The van der Waals surface area contributed by atoms with E-state index < -0.39 is 11.5 Å². The number of aliphatic hydroxyl groups is 1. The predicted octanol–water partition coefficient (Wildman–Crippen LogP) is 3.76. The molecule has 1 N–H and O–H groups in total. The Balaban J connectivity index is 2.27. The lowest BCUT2D eigenvalue weighted by atomic mass is 9.68. The van der Waals surface area contributed by atoms with Crippen LogP contribution in [0.2, 0.25) is 0 Å². The molecule has 3 rings (SSSR count). The normalized spacial score (nSPS) is 20.5. The summed E-state index contributed by atoms with van der Waals surface area (Å²) >= 11 is 0. The van der Waals surface area contributed by atoms with Gasteiger partial charge in [0.15, 0.2) is 0 Å². The van der Waals surface area contributed by atoms with E-state index in [1.54, 1.807) is 0 Å². The number of hydrogen-bond acceptors (Lipinski definition) is 1. The molecular formula is C18H15FO. The van der Waals surface area contributed by atoms with Crippen LogP contribution in [0.15, 0.2) is 84.7 Å². The Kier molecular flexibility index (Phi) is 3.25. The van der Waals surface area contributed by atoms with Gasteiger partial charge in [0.1, 0.15) is 5.83 Å². The second-order valence-corrected chi connectivity index (χ2v) is 4.93. The van der Waals surface area contributed by atoms with Crippen LogP contribution >= 0.6 is 0 Å². The highest BCUT2D eigenvalue weighted by atomic mass is 19.1. The monoisotopic (exact) mass is 266 g/mol. The van der Waals surface area contributed by atoms with Crippen molar-refractivity contribution in [3.63, 3.8) is 0 Å². The van der Waals surface area contributed by atoms with Gasteiger partial charge < -0.3 is 5.11 Å². The average Bonchev–Trinajstić information content (AvgIpc) is 2.51. The van der Waals surface area contributed by atoms with E-state index in [1.165, 1.54) is 18.2 Å². The Hall–Kier alpha value is -2.19. The van der Waals surface area contributed by atoms with E-state index in [9.17, 15) is 9.50 Å². The van der Waals surface area contributed by atoms with E-state index in [0.29, 0.717) is 0 Å². The van der Waals surface area contributed by atoms with Gasteiger partial charge in [-0.05, 0) is 23.3 Å². The van der Waals surface area contributed by atoms with Crippen LogP contribution in [0.25, 0.3) is 0 Å². The van der Waals surface area contributed by atoms with Crippen molar-refractivity contribution >= 4 is 0 Å². The van der Waals surface area contributed by atoms with E-state index in [1.807, 2.05) is 60.7 Å². The molecule has 1 aliphatic rings. The van der Waals surface area contributed by atoms with E-state index in [-0.39, 0.29) is 5.83 Å². The highest BCUT2D eigenvalue weighted by Gasteiger charge is 2.40. The SMILES string of the molecule is OC1C=CC(F)=CC1(c1ccccc1)c1ccccc1. The molecule has 20 heavy (non-hydrogen) atoms. The highest BCUT2D eigenvalue weighted by molar-refractivity contribution is 5.50. The second-order valence-electron chi connectivity index (χ2n) is 4.93. The number of halogens is 1. The zero-order valence-corrected chi connectivity index (χ0v) is 10.9. The van der Waals surface area contributed by atoms with Crippen LogP contribution in [0.3, 0.4) is 0 Å². The number of aliphatic hydroxyl groups excluding tert-OH is 1.